The van der Waals surface area contributed by atoms with Crippen LogP contribution in [0.2, 0.25) is 0 Å². The summed E-state index contributed by atoms with van der Waals surface area (Å²) < 4.78 is 16.9. The SMILES string of the molecule is CCCOc1ccc([C@@H]2C3=C(CC(C)(C)CC3=O)Nc3cc(OC)c(OC)cc32)cc1. The van der Waals surface area contributed by atoms with Crippen LogP contribution < -0.4 is 19.5 Å². The van der Waals surface area contributed by atoms with Crippen molar-refractivity contribution < 1.29 is 19.0 Å². The lowest BCUT2D eigenvalue weighted by Gasteiger charge is -2.39. The molecule has 4 rings (SSSR count). The number of hydrogen-bond donors (Lipinski definition) is 1. The van der Waals surface area contributed by atoms with E-state index in [4.69, 9.17) is 14.2 Å². The first-order valence-corrected chi connectivity index (χ1v) is 10.9. The van der Waals surface area contributed by atoms with Crippen LogP contribution in [0.4, 0.5) is 5.69 Å². The van der Waals surface area contributed by atoms with Gasteiger partial charge in [0, 0.05) is 35.4 Å². The number of carbonyl (C=O) groups is 1. The van der Waals surface area contributed by atoms with Crippen molar-refractivity contribution in [3.8, 4) is 17.2 Å². The van der Waals surface area contributed by atoms with Crippen LogP contribution in [0.5, 0.6) is 17.2 Å². The molecule has 1 aliphatic heterocycles. The van der Waals surface area contributed by atoms with Crippen molar-refractivity contribution in [2.45, 2.75) is 46.0 Å². The molecule has 1 aliphatic carbocycles. The third-order valence-electron chi connectivity index (χ3n) is 6.05. The Balaban J connectivity index is 1.85. The summed E-state index contributed by atoms with van der Waals surface area (Å²) in [6.07, 6.45) is 2.34. The average molecular weight is 422 g/mol. The maximum atomic E-state index is 13.3. The van der Waals surface area contributed by atoms with Crippen molar-refractivity contribution in [3.63, 3.8) is 0 Å². The Kier molecular flexibility index (Phi) is 5.69. The van der Waals surface area contributed by atoms with Gasteiger partial charge in [0.15, 0.2) is 17.3 Å². The van der Waals surface area contributed by atoms with Crippen LogP contribution in [0.15, 0.2) is 47.7 Å². The zero-order chi connectivity index (χ0) is 22.2. The number of fused-ring (bicyclic) bond motifs is 1. The number of ketones is 1. The van der Waals surface area contributed by atoms with E-state index in [1.54, 1.807) is 14.2 Å². The lowest BCUT2D eigenvalue weighted by molar-refractivity contribution is -0.118. The van der Waals surface area contributed by atoms with E-state index in [2.05, 4.69) is 38.2 Å². The molecular weight excluding hydrogens is 390 g/mol. The molecule has 0 bridgehead atoms. The largest absolute Gasteiger partial charge is 0.494 e. The first kappa shape index (κ1) is 21.3. The fourth-order valence-corrected chi connectivity index (χ4v) is 4.66. The highest BCUT2D eigenvalue weighted by atomic mass is 16.5. The number of nitrogens with one attached hydrogen (secondary N) is 1. The lowest BCUT2D eigenvalue weighted by atomic mass is 9.68. The highest BCUT2D eigenvalue weighted by Gasteiger charge is 2.41. The summed E-state index contributed by atoms with van der Waals surface area (Å²) in [5.41, 5.74) is 4.85. The number of Topliss-reactive ketones (excluding diaryl/α,β-unsaturated/α-hetero) is 1. The van der Waals surface area contributed by atoms with E-state index < -0.39 is 0 Å². The van der Waals surface area contributed by atoms with Crippen molar-refractivity contribution in [2.75, 3.05) is 26.1 Å². The zero-order valence-electron chi connectivity index (χ0n) is 19.0. The molecule has 0 radical (unpaired) electrons. The topological polar surface area (TPSA) is 56.8 Å². The fraction of sp³-hybridized carbons (Fsp3) is 0.423. The number of methoxy groups -OCH3 is 2. The van der Waals surface area contributed by atoms with Gasteiger partial charge in [-0.05, 0) is 47.6 Å². The van der Waals surface area contributed by atoms with Crippen LogP contribution in [0, 0.1) is 5.41 Å². The maximum Gasteiger partial charge on any atom is 0.162 e. The third-order valence-corrected chi connectivity index (χ3v) is 6.05. The molecule has 0 aromatic heterocycles. The van der Waals surface area contributed by atoms with E-state index >= 15 is 0 Å². The van der Waals surface area contributed by atoms with Crippen molar-refractivity contribution in [3.05, 3.63) is 58.8 Å². The van der Waals surface area contributed by atoms with E-state index in [-0.39, 0.29) is 17.1 Å². The minimum absolute atomic E-state index is 0.0701. The standard InChI is InChI=1S/C26H31NO4/c1-6-11-31-17-9-7-16(8-10-17)24-18-12-22(29-4)23(30-5)13-19(18)27-20-14-26(2,3)15-21(28)25(20)24/h7-10,12-13,24,27H,6,11,14-15H2,1-5H3/t24-/m0/s1. The lowest BCUT2D eigenvalue weighted by Crippen LogP contribution is -2.33. The highest BCUT2D eigenvalue weighted by molar-refractivity contribution is 6.01. The molecular formula is C26H31NO4. The number of anilines is 1. The van der Waals surface area contributed by atoms with E-state index in [0.29, 0.717) is 24.5 Å². The number of rotatable bonds is 6. The number of hydrogen-bond acceptors (Lipinski definition) is 5. The molecule has 5 heteroatoms. The Labute approximate surface area is 184 Å². The molecule has 164 valence electrons. The van der Waals surface area contributed by atoms with E-state index in [1.807, 2.05) is 24.3 Å². The fourth-order valence-electron chi connectivity index (χ4n) is 4.66. The second-order valence-electron chi connectivity index (χ2n) is 9.10. The minimum Gasteiger partial charge on any atom is -0.494 e. The first-order valence-electron chi connectivity index (χ1n) is 10.9. The van der Waals surface area contributed by atoms with Gasteiger partial charge in [-0.25, -0.2) is 0 Å². The summed E-state index contributed by atoms with van der Waals surface area (Å²) >= 11 is 0. The molecule has 0 saturated carbocycles. The van der Waals surface area contributed by atoms with Crippen LogP contribution in [0.25, 0.3) is 0 Å². The van der Waals surface area contributed by atoms with Gasteiger partial charge in [0.05, 0.1) is 20.8 Å². The summed E-state index contributed by atoms with van der Waals surface area (Å²) in [7, 11) is 3.27. The molecule has 0 spiro atoms. The molecule has 2 aromatic rings. The smallest absolute Gasteiger partial charge is 0.162 e. The normalized spacial score (nSPS) is 19.3. The average Bonchev–Trinajstić information content (AvgIpc) is 2.74. The molecule has 0 fully saturated rings. The van der Waals surface area contributed by atoms with Gasteiger partial charge in [0.2, 0.25) is 0 Å². The highest BCUT2D eigenvalue weighted by Crippen LogP contribution is 2.51. The van der Waals surface area contributed by atoms with E-state index in [9.17, 15) is 4.79 Å². The molecule has 0 amide bonds. The molecule has 1 heterocycles. The Morgan fingerprint density at radius 3 is 2.35 bits per heavy atom. The molecule has 2 aliphatic rings. The first-order chi connectivity index (χ1) is 14.9. The van der Waals surface area contributed by atoms with Gasteiger partial charge in [-0.3, -0.25) is 4.79 Å². The van der Waals surface area contributed by atoms with Gasteiger partial charge in [0.25, 0.3) is 0 Å². The number of ether oxygens (including phenoxy) is 3. The number of allylic oxidation sites excluding steroid dienone is 2. The summed E-state index contributed by atoms with van der Waals surface area (Å²) in [5.74, 6) is 2.22. The molecule has 2 aromatic carbocycles. The Hall–Kier alpha value is -2.95. The second kappa shape index (κ2) is 8.29. The minimum atomic E-state index is -0.158. The Morgan fingerprint density at radius 1 is 1.03 bits per heavy atom. The third kappa shape index (κ3) is 4.01. The van der Waals surface area contributed by atoms with Gasteiger partial charge < -0.3 is 19.5 Å². The van der Waals surface area contributed by atoms with Crippen LogP contribution in [-0.4, -0.2) is 26.6 Å². The molecule has 1 N–H and O–H groups in total. The number of benzene rings is 2. The Morgan fingerprint density at radius 2 is 1.71 bits per heavy atom. The van der Waals surface area contributed by atoms with Gasteiger partial charge in [0.1, 0.15) is 5.75 Å². The summed E-state index contributed by atoms with van der Waals surface area (Å²) in [5, 5.41) is 3.55. The van der Waals surface area contributed by atoms with Crippen molar-refractivity contribution in [1.82, 2.24) is 0 Å². The van der Waals surface area contributed by atoms with Crippen LogP contribution in [0.3, 0.4) is 0 Å². The molecule has 1 atom stereocenters. The van der Waals surface area contributed by atoms with Gasteiger partial charge in [-0.1, -0.05) is 32.9 Å². The Bertz CT molecular complexity index is 1020. The summed E-state index contributed by atoms with van der Waals surface area (Å²) in [4.78, 5) is 13.3. The monoisotopic (exact) mass is 421 g/mol. The van der Waals surface area contributed by atoms with Crippen LogP contribution in [0.1, 0.15) is 57.1 Å². The molecule has 0 saturated heterocycles. The summed E-state index contributed by atoms with van der Waals surface area (Å²) in [6.45, 7) is 7.08. The zero-order valence-corrected chi connectivity index (χ0v) is 19.0. The second-order valence-corrected chi connectivity index (χ2v) is 9.10. The van der Waals surface area contributed by atoms with Crippen molar-refractivity contribution >= 4 is 11.5 Å². The van der Waals surface area contributed by atoms with E-state index in [1.165, 1.54) is 0 Å². The quantitative estimate of drug-likeness (QED) is 0.649. The van der Waals surface area contributed by atoms with Crippen LogP contribution >= 0.6 is 0 Å². The molecule has 5 nitrogen and oxygen atoms in total. The van der Waals surface area contributed by atoms with E-state index in [0.717, 1.165) is 46.7 Å². The maximum absolute atomic E-state index is 13.3. The van der Waals surface area contributed by atoms with Crippen molar-refractivity contribution in [2.24, 2.45) is 5.41 Å². The van der Waals surface area contributed by atoms with Gasteiger partial charge in [-0.2, -0.15) is 0 Å². The molecule has 31 heavy (non-hydrogen) atoms. The molecule has 0 unspecified atom stereocenters. The predicted molar refractivity (Wildman–Crippen MR) is 122 cm³/mol. The van der Waals surface area contributed by atoms with Gasteiger partial charge in [-0.15, -0.1) is 0 Å². The predicted octanol–water partition coefficient (Wildman–Crippen LogP) is 5.69. The summed E-state index contributed by atoms with van der Waals surface area (Å²) in [6, 6.07) is 12.1. The number of carbonyl (C=O) groups excluding carboxylic acids is 1. The van der Waals surface area contributed by atoms with Gasteiger partial charge >= 0.3 is 0 Å². The van der Waals surface area contributed by atoms with Crippen molar-refractivity contribution in [1.29, 1.82) is 0 Å². The van der Waals surface area contributed by atoms with Crippen LogP contribution in [-0.2, 0) is 4.79 Å².